The highest BCUT2D eigenvalue weighted by molar-refractivity contribution is 5.94. The predicted molar refractivity (Wildman–Crippen MR) is 103 cm³/mol. The van der Waals surface area contributed by atoms with Gasteiger partial charge in [0.1, 0.15) is 17.4 Å². The van der Waals surface area contributed by atoms with Crippen LogP contribution in [0.4, 0.5) is 24.5 Å². The predicted octanol–water partition coefficient (Wildman–Crippen LogP) is 3.89. The number of benzene rings is 2. The van der Waals surface area contributed by atoms with E-state index in [1.165, 1.54) is 24.3 Å². The lowest BCUT2D eigenvalue weighted by Crippen LogP contribution is -2.30. The topological polar surface area (TPSA) is 67.9 Å². The second-order valence-electron chi connectivity index (χ2n) is 7.36. The number of carbonyl (C=O) groups excluding carboxylic acids is 1. The molecule has 0 amide bonds. The van der Waals surface area contributed by atoms with E-state index in [-0.39, 0.29) is 23.9 Å². The monoisotopic (exact) mass is 403 g/mol. The number of ketones is 1. The summed E-state index contributed by atoms with van der Waals surface area (Å²) in [7, 11) is 0. The number of hydrogen-bond donors (Lipinski definition) is 1. The molecule has 0 aliphatic carbocycles. The van der Waals surface area contributed by atoms with Gasteiger partial charge in [0, 0.05) is 37.5 Å². The Morgan fingerprint density at radius 2 is 1.97 bits per heavy atom. The molecule has 0 saturated carbocycles. The molecule has 2 aromatic carbocycles. The van der Waals surface area contributed by atoms with E-state index in [2.05, 4.69) is 14.6 Å². The molecule has 1 atom stereocenters. The molecule has 2 aliphatic rings. The Morgan fingerprint density at radius 1 is 1.21 bits per heavy atom. The fourth-order valence-corrected chi connectivity index (χ4v) is 3.78. The van der Waals surface area contributed by atoms with E-state index in [0.717, 1.165) is 36.5 Å². The van der Waals surface area contributed by atoms with Crippen molar-refractivity contribution in [1.82, 2.24) is 4.90 Å². The second kappa shape index (κ2) is 7.42. The Labute approximate surface area is 166 Å². The molecule has 1 unspecified atom stereocenters. The fraction of sp³-hybridized carbons (Fsp3) is 0.333. The Morgan fingerprint density at radius 3 is 2.69 bits per heavy atom. The molecule has 29 heavy (non-hydrogen) atoms. The van der Waals surface area contributed by atoms with Crippen LogP contribution in [0.15, 0.2) is 47.5 Å². The first kappa shape index (κ1) is 19.3. The normalized spacial score (nSPS) is 18.5. The number of alkyl halides is 3. The highest BCUT2D eigenvalue weighted by Crippen LogP contribution is 2.31. The number of hydrogen-bond acceptors (Lipinski definition) is 5. The Balaban J connectivity index is 1.34. The fourth-order valence-electron chi connectivity index (χ4n) is 3.78. The number of anilines is 1. The van der Waals surface area contributed by atoms with E-state index in [0.29, 0.717) is 17.8 Å². The minimum absolute atomic E-state index is 0.0809. The minimum atomic E-state index is -4.72. The maximum Gasteiger partial charge on any atom is 0.573 e. The van der Waals surface area contributed by atoms with Gasteiger partial charge in [0.15, 0.2) is 0 Å². The number of likely N-dealkylation sites (tertiary alicyclic amines) is 1. The van der Waals surface area contributed by atoms with Gasteiger partial charge in [0.05, 0.1) is 5.69 Å². The highest BCUT2D eigenvalue weighted by Gasteiger charge is 2.32. The lowest BCUT2D eigenvalue weighted by atomic mass is 9.97. The van der Waals surface area contributed by atoms with E-state index in [1.54, 1.807) is 0 Å². The Hall–Kier alpha value is -3.03. The van der Waals surface area contributed by atoms with Gasteiger partial charge < -0.3 is 15.4 Å². The maximum absolute atomic E-state index is 12.7. The molecule has 2 N–H and O–H groups in total. The van der Waals surface area contributed by atoms with Crippen molar-refractivity contribution >= 4 is 23.0 Å². The molecule has 2 aliphatic heterocycles. The molecule has 4 rings (SSSR count). The summed E-state index contributed by atoms with van der Waals surface area (Å²) in [5, 5.41) is 0. The molecular formula is C21H20F3N3O2. The molecule has 0 bridgehead atoms. The largest absolute Gasteiger partial charge is 0.573 e. The zero-order chi connectivity index (χ0) is 20.6. The van der Waals surface area contributed by atoms with Crippen LogP contribution in [0, 0.1) is 5.92 Å². The Kier molecular flexibility index (Phi) is 4.94. The van der Waals surface area contributed by atoms with Crippen molar-refractivity contribution in [3.8, 4) is 5.75 Å². The van der Waals surface area contributed by atoms with Crippen molar-refractivity contribution in [2.24, 2.45) is 10.9 Å². The number of aliphatic imine (C=N–C) groups is 1. The third kappa shape index (κ3) is 4.52. The van der Waals surface area contributed by atoms with Gasteiger partial charge in [0.2, 0.25) is 0 Å². The number of nitrogen functional groups attached to an aromatic ring is 1. The number of amidine groups is 1. The average Bonchev–Trinajstić information content (AvgIpc) is 3.28. The quantitative estimate of drug-likeness (QED) is 0.787. The van der Waals surface area contributed by atoms with Gasteiger partial charge >= 0.3 is 6.36 Å². The summed E-state index contributed by atoms with van der Waals surface area (Å²) in [6, 6.07) is 11.1. The van der Waals surface area contributed by atoms with Crippen LogP contribution >= 0.6 is 0 Å². The second-order valence-corrected chi connectivity index (χ2v) is 7.36. The first-order valence-corrected chi connectivity index (χ1v) is 9.35. The molecule has 0 aromatic heterocycles. The number of halogens is 3. The van der Waals surface area contributed by atoms with Gasteiger partial charge in [-0.2, -0.15) is 0 Å². The first-order valence-electron chi connectivity index (χ1n) is 9.35. The van der Waals surface area contributed by atoms with E-state index >= 15 is 0 Å². The van der Waals surface area contributed by atoms with Crippen LogP contribution in [0.25, 0.3) is 0 Å². The summed E-state index contributed by atoms with van der Waals surface area (Å²) < 4.78 is 40.5. The molecule has 8 heteroatoms. The van der Waals surface area contributed by atoms with Crippen LogP contribution in [-0.2, 0) is 17.6 Å². The summed E-state index contributed by atoms with van der Waals surface area (Å²) in [5.41, 5.74) is 9.17. The molecular weight excluding hydrogens is 383 g/mol. The number of rotatable bonds is 4. The summed E-state index contributed by atoms with van der Waals surface area (Å²) in [6.07, 6.45) is -3.06. The maximum atomic E-state index is 12.7. The van der Waals surface area contributed by atoms with Crippen LogP contribution in [0.3, 0.4) is 0 Å². The SMILES string of the molecule is Nc1ccc2c(c1)N=C(N1CCC(C(=O)Cc3ccc(OC(F)(F)F)cc3)C1)C2. The summed E-state index contributed by atoms with van der Waals surface area (Å²) >= 11 is 0. The molecule has 0 radical (unpaired) electrons. The summed E-state index contributed by atoms with van der Waals surface area (Å²) in [6.45, 7) is 1.37. The van der Waals surface area contributed by atoms with Crippen molar-refractivity contribution in [2.45, 2.75) is 25.6 Å². The zero-order valence-corrected chi connectivity index (χ0v) is 15.6. The molecule has 1 fully saturated rings. The molecule has 2 heterocycles. The van der Waals surface area contributed by atoms with Crippen LogP contribution < -0.4 is 10.5 Å². The third-order valence-corrected chi connectivity index (χ3v) is 5.25. The van der Waals surface area contributed by atoms with E-state index in [4.69, 9.17) is 5.73 Å². The van der Waals surface area contributed by atoms with Gasteiger partial charge in [0.25, 0.3) is 0 Å². The zero-order valence-electron chi connectivity index (χ0n) is 15.6. The smallest absolute Gasteiger partial charge is 0.406 e. The standard InChI is InChI=1S/C21H20F3N3O2/c22-21(23,24)29-17-5-1-13(2-6-17)9-19(28)15-7-8-27(12-15)20-10-14-3-4-16(25)11-18(14)26-20/h1-6,11,15H,7-10,12,25H2. The van der Waals surface area contributed by atoms with Gasteiger partial charge in [-0.3, -0.25) is 4.79 Å². The van der Waals surface area contributed by atoms with Crippen LogP contribution in [0.5, 0.6) is 5.75 Å². The van der Waals surface area contributed by atoms with Crippen molar-refractivity contribution in [3.63, 3.8) is 0 Å². The highest BCUT2D eigenvalue weighted by atomic mass is 19.4. The molecule has 2 aromatic rings. The third-order valence-electron chi connectivity index (χ3n) is 5.25. The summed E-state index contributed by atoms with van der Waals surface area (Å²) in [4.78, 5) is 19.5. The van der Waals surface area contributed by atoms with Crippen LogP contribution in [0.2, 0.25) is 0 Å². The van der Waals surface area contributed by atoms with Crippen molar-refractivity contribution in [1.29, 1.82) is 0 Å². The number of nitrogens with zero attached hydrogens (tertiary/aromatic N) is 2. The lowest BCUT2D eigenvalue weighted by Gasteiger charge is -2.18. The lowest BCUT2D eigenvalue weighted by molar-refractivity contribution is -0.274. The van der Waals surface area contributed by atoms with Crippen molar-refractivity contribution in [3.05, 3.63) is 53.6 Å². The number of ether oxygens (including phenoxy) is 1. The van der Waals surface area contributed by atoms with E-state index < -0.39 is 6.36 Å². The average molecular weight is 403 g/mol. The van der Waals surface area contributed by atoms with Gasteiger partial charge in [-0.15, -0.1) is 13.2 Å². The van der Waals surface area contributed by atoms with E-state index in [1.807, 2.05) is 18.2 Å². The molecule has 5 nitrogen and oxygen atoms in total. The van der Waals surface area contributed by atoms with Gasteiger partial charge in [-0.1, -0.05) is 18.2 Å². The number of fused-ring (bicyclic) bond motifs is 1. The van der Waals surface area contributed by atoms with Crippen molar-refractivity contribution < 1.29 is 22.7 Å². The van der Waals surface area contributed by atoms with Gasteiger partial charge in [-0.25, -0.2) is 4.99 Å². The number of Topliss-reactive ketones (excluding diaryl/α,β-unsaturated/α-hetero) is 1. The summed E-state index contributed by atoms with van der Waals surface area (Å²) in [5.74, 6) is 0.629. The molecule has 1 saturated heterocycles. The first-order chi connectivity index (χ1) is 13.8. The molecule has 152 valence electrons. The van der Waals surface area contributed by atoms with E-state index in [9.17, 15) is 18.0 Å². The van der Waals surface area contributed by atoms with Crippen molar-refractivity contribution in [2.75, 3.05) is 18.8 Å². The minimum Gasteiger partial charge on any atom is -0.406 e. The van der Waals surface area contributed by atoms with Gasteiger partial charge in [-0.05, 0) is 41.8 Å². The van der Waals surface area contributed by atoms with Crippen LogP contribution in [0.1, 0.15) is 17.5 Å². The number of carbonyl (C=O) groups is 1. The number of nitrogens with two attached hydrogens (primary N) is 1. The molecule has 0 spiro atoms. The Bertz CT molecular complexity index is 955. The van der Waals surface area contributed by atoms with Crippen LogP contribution in [-0.4, -0.2) is 36.0 Å².